The largest absolute Gasteiger partial charge is 0.468 e. The van der Waals surface area contributed by atoms with Crippen LogP contribution in [0.3, 0.4) is 0 Å². The number of rotatable bonds is 8. The van der Waals surface area contributed by atoms with Crippen LogP contribution in [0.25, 0.3) is 5.65 Å². The molecule has 3 aromatic heterocycles. The van der Waals surface area contributed by atoms with Gasteiger partial charge in [0.05, 0.1) is 30.7 Å². The average molecular weight is 536 g/mol. The van der Waals surface area contributed by atoms with E-state index in [0.29, 0.717) is 43.0 Å². The molecule has 5 rings (SSSR count). The van der Waals surface area contributed by atoms with E-state index in [9.17, 15) is 14.4 Å². The lowest BCUT2D eigenvalue weighted by atomic mass is 9.76. The molecule has 0 radical (unpaired) electrons. The van der Waals surface area contributed by atoms with Crippen LogP contribution in [0.2, 0.25) is 0 Å². The van der Waals surface area contributed by atoms with Crippen molar-refractivity contribution in [3.05, 3.63) is 47.7 Å². The molecule has 0 aromatic carbocycles. The van der Waals surface area contributed by atoms with Crippen molar-refractivity contribution in [2.45, 2.75) is 77.3 Å². The summed E-state index contributed by atoms with van der Waals surface area (Å²) in [5.74, 6) is -0.781. The number of aryl methyl sites for hydroxylation is 1. The molecule has 1 aliphatic heterocycles. The summed E-state index contributed by atoms with van der Waals surface area (Å²) in [7, 11) is 1.31. The van der Waals surface area contributed by atoms with Gasteiger partial charge in [0.1, 0.15) is 5.69 Å². The van der Waals surface area contributed by atoms with Crippen molar-refractivity contribution in [1.82, 2.24) is 35.0 Å². The summed E-state index contributed by atoms with van der Waals surface area (Å²) >= 11 is 0. The molecule has 0 bridgehead atoms. The highest BCUT2D eigenvalue weighted by atomic mass is 16.5. The van der Waals surface area contributed by atoms with E-state index in [0.717, 1.165) is 31.4 Å². The van der Waals surface area contributed by atoms with Crippen LogP contribution >= 0.6 is 0 Å². The number of esters is 1. The van der Waals surface area contributed by atoms with Crippen molar-refractivity contribution in [2.75, 3.05) is 13.7 Å². The Morgan fingerprint density at radius 2 is 1.97 bits per heavy atom. The maximum absolute atomic E-state index is 13.3. The molecule has 1 saturated heterocycles. The highest BCUT2D eigenvalue weighted by Crippen LogP contribution is 2.35. The molecule has 2 aliphatic rings. The van der Waals surface area contributed by atoms with Crippen molar-refractivity contribution in [3.63, 3.8) is 0 Å². The molecule has 2 unspecified atom stereocenters. The van der Waals surface area contributed by atoms with E-state index in [4.69, 9.17) is 14.8 Å². The molecular weight excluding hydrogens is 498 g/mol. The number of piperidine rings is 1. The number of fused-ring (bicyclic) bond motifs is 1. The van der Waals surface area contributed by atoms with E-state index < -0.39 is 11.4 Å². The molecule has 4 heterocycles. The van der Waals surface area contributed by atoms with Gasteiger partial charge in [0.25, 0.3) is 5.91 Å². The van der Waals surface area contributed by atoms with E-state index >= 15 is 0 Å². The Morgan fingerprint density at radius 1 is 1.18 bits per heavy atom. The van der Waals surface area contributed by atoms with E-state index in [1.54, 1.807) is 27.5 Å². The number of amides is 2. The van der Waals surface area contributed by atoms with E-state index in [1.807, 2.05) is 19.2 Å². The van der Waals surface area contributed by atoms with Crippen molar-refractivity contribution in [1.29, 1.82) is 0 Å². The molecule has 1 saturated carbocycles. The Kier molecular flexibility index (Phi) is 7.94. The number of imidazole rings is 1. The molecule has 11 nitrogen and oxygen atoms in total. The lowest BCUT2D eigenvalue weighted by molar-refractivity contribution is -0.161. The van der Waals surface area contributed by atoms with Crippen molar-refractivity contribution >= 4 is 23.4 Å². The van der Waals surface area contributed by atoms with Crippen LogP contribution in [0.15, 0.2) is 30.6 Å². The molecule has 3 aromatic rings. The minimum atomic E-state index is -1.30. The van der Waals surface area contributed by atoms with E-state index in [-0.39, 0.29) is 30.2 Å². The standard InChI is InChI=1S/C28H37N7O4/c1-3-34-22(13-16-30-34)25(36)32-24(19-9-6-4-5-7-10-19)21-18-35-23(31-21)12-11-20(33-35)17-28(27(38)39-2)14-8-15-29-26(28)37/h11-13,16,18-19,24H,3-10,14-15,17H2,1-2H3,(H,29,37)(H,32,36). The third-order valence-electron chi connectivity index (χ3n) is 8.18. The zero-order chi connectivity index (χ0) is 27.4. The highest BCUT2D eigenvalue weighted by molar-refractivity contribution is 6.03. The summed E-state index contributed by atoms with van der Waals surface area (Å²) in [4.78, 5) is 43.8. The number of methoxy groups -OCH3 is 1. The molecule has 2 atom stereocenters. The maximum atomic E-state index is 13.3. The van der Waals surface area contributed by atoms with Crippen molar-refractivity contribution in [3.8, 4) is 0 Å². The number of hydrogen-bond donors (Lipinski definition) is 2. The van der Waals surface area contributed by atoms with Crippen LogP contribution in [-0.4, -0.2) is 55.8 Å². The lowest BCUT2D eigenvalue weighted by Crippen LogP contribution is -2.52. The SMILES string of the molecule is CCn1nccc1C(=O)NC(c1cn2nc(CC3(C(=O)OC)CCCNC3=O)ccc2n1)C1CCCCCC1. The number of hydrogen-bond acceptors (Lipinski definition) is 7. The molecule has 2 fully saturated rings. The number of nitrogens with zero attached hydrogens (tertiary/aromatic N) is 5. The van der Waals surface area contributed by atoms with Crippen LogP contribution < -0.4 is 10.6 Å². The van der Waals surface area contributed by atoms with Gasteiger partial charge in [0.2, 0.25) is 5.91 Å². The predicted octanol–water partition coefficient (Wildman–Crippen LogP) is 3.00. The maximum Gasteiger partial charge on any atom is 0.321 e. The fourth-order valence-electron chi connectivity index (χ4n) is 6.07. The minimum absolute atomic E-state index is 0.138. The first-order chi connectivity index (χ1) is 18.9. The Balaban J connectivity index is 1.46. The number of nitrogens with one attached hydrogen (secondary N) is 2. The summed E-state index contributed by atoms with van der Waals surface area (Å²) in [5.41, 5.74) is 1.21. The fraction of sp³-hybridized carbons (Fsp3) is 0.571. The third-order valence-corrected chi connectivity index (χ3v) is 8.18. The smallest absolute Gasteiger partial charge is 0.321 e. The zero-order valence-corrected chi connectivity index (χ0v) is 22.7. The predicted molar refractivity (Wildman–Crippen MR) is 143 cm³/mol. The molecule has 208 valence electrons. The van der Waals surface area contributed by atoms with Crippen molar-refractivity contribution in [2.24, 2.45) is 11.3 Å². The number of ether oxygens (including phenoxy) is 1. The Labute approximate surface area is 227 Å². The van der Waals surface area contributed by atoms with E-state index in [1.165, 1.54) is 20.0 Å². The van der Waals surface area contributed by atoms with Crippen LogP contribution in [0.1, 0.15) is 86.2 Å². The van der Waals surface area contributed by atoms with Gasteiger partial charge in [-0.05, 0) is 56.7 Å². The van der Waals surface area contributed by atoms with Gasteiger partial charge >= 0.3 is 5.97 Å². The fourth-order valence-corrected chi connectivity index (χ4v) is 6.07. The molecule has 39 heavy (non-hydrogen) atoms. The second-order valence-corrected chi connectivity index (χ2v) is 10.6. The minimum Gasteiger partial charge on any atom is -0.468 e. The molecule has 1 aliphatic carbocycles. The Bertz CT molecular complexity index is 1330. The van der Waals surface area contributed by atoms with Gasteiger partial charge in [-0.2, -0.15) is 10.2 Å². The Hall–Kier alpha value is -3.76. The molecule has 0 spiro atoms. The number of carbonyl (C=O) groups is 3. The van der Waals surface area contributed by atoms with Crippen LogP contribution in [0.4, 0.5) is 0 Å². The molecule has 2 amide bonds. The first-order valence-electron chi connectivity index (χ1n) is 14.0. The van der Waals surface area contributed by atoms with Gasteiger partial charge in [-0.25, -0.2) is 9.50 Å². The third kappa shape index (κ3) is 5.39. The van der Waals surface area contributed by atoms with E-state index in [2.05, 4.69) is 15.7 Å². The van der Waals surface area contributed by atoms with Gasteiger partial charge in [0.15, 0.2) is 11.1 Å². The van der Waals surface area contributed by atoms with Crippen LogP contribution in [0, 0.1) is 11.3 Å². The molecule has 11 heteroatoms. The molecular formula is C28H37N7O4. The summed E-state index contributed by atoms with van der Waals surface area (Å²) in [6.45, 7) is 3.11. The first kappa shape index (κ1) is 26.8. The normalized spacial score (nSPS) is 21.2. The van der Waals surface area contributed by atoms with Gasteiger partial charge in [-0.3, -0.25) is 19.1 Å². The van der Waals surface area contributed by atoms with Gasteiger partial charge in [-0.1, -0.05) is 25.7 Å². The second kappa shape index (κ2) is 11.5. The van der Waals surface area contributed by atoms with Crippen LogP contribution in [-0.2, 0) is 27.3 Å². The summed E-state index contributed by atoms with van der Waals surface area (Å²) in [6, 6.07) is 5.11. The topological polar surface area (TPSA) is 133 Å². The summed E-state index contributed by atoms with van der Waals surface area (Å²) < 4.78 is 8.40. The van der Waals surface area contributed by atoms with Crippen LogP contribution in [0.5, 0.6) is 0 Å². The zero-order valence-electron chi connectivity index (χ0n) is 22.7. The van der Waals surface area contributed by atoms with Gasteiger partial charge < -0.3 is 15.4 Å². The monoisotopic (exact) mass is 535 g/mol. The first-order valence-corrected chi connectivity index (χ1v) is 14.0. The average Bonchev–Trinajstić information content (AvgIpc) is 3.51. The van der Waals surface area contributed by atoms with Crippen molar-refractivity contribution < 1.29 is 19.1 Å². The van der Waals surface area contributed by atoms with Gasteiger partial charge in [0, 0.05) is 25.7 Å². The molecule has 2 N–H and O–H groups in total. The Morgan fingerprint density at radius 3 is 2.69 bits per heavy atom. The number of carbonyl (C=O) groups excluding carboxylic acids is 3. The lowest BCUT2D eigenvalue weighted by Gasteiger charge is -2.33. The summed E-state index contributed by atoms with van der Waals surface area (Å²) in [6.07, 6.45) is 11.4. The highest BCUT2D eigenvalue weighted by Gasteiger charge is 2.48. The van der Waals surface area contributed by atoms with Gasteiger partial charge in [-0.15, -0.1) is 0 Å². The summed E-state index contributed by atoms with van der Waals surface area (Å²) in [5, 5.41) is 15.1. The second-order valence-electron chi connectivity index (χ2n) is 10.6. The number of aromatic nitrogens is 5. The quantitative estimate of drug-likeness (QED) is 0.257.